The Balaban J connectivity index is 2.12. The van der Waals surface area contributed by atoms with Crippen LogP contribution in [0.3, 0.4) is 0 Å². The van der Waals surface area contributed by atoms with Gasteiger partial charge in [-0.15, -0.1) is 0 Å². The van der Waals surface area contributed by atoms with Crippen molar-refractivity contribution in [1.29, 1.82) is 0 Å². The van der Waals surface area contributed by atoms with Gasteiger partial charge in [0.05, 0.1) is 6.61 Å². The van der Waals surface area contributed by atoms with Gasteiger partial charge in [-0.05, 0) is 37.8 Å². The van der Waals surface area contributed by atoms with Crippen LogP contribution < -0.4 is 0 Å². The fourth-order valence-electron chi connectivity index (χ4n) is 3.88. The predicted octanol–water partition coefficient (Wildman–Crippen LogP) is 7.24. The van der Waals surface area contributed by atoms with Crippen LogP contribution in [0.1, 0.15) is 120 Å². The van der Waals surface area contributed by atoms with E-state index in [2.05, 4.69) is 6.92 Å². The molecule has 1 rings (SSSR count). The number of alkyl halides is 1. The van der Waals surface area contributed by atoms with Gasteiger partial charge in [0, 0.05) is 19.3 Å². The second-order valence-corrected chi connectivity index (χ2v) is 8.72. The van der Waals surface area contributed by atoms with Crippen molar-refractivity contribution in [2.75, 3.05) is 13.2 Å². The van der Waals surface area contributed by atoms with Gasteiger partial charge in [-0.3, -0.25) is 0 Å². The van der Waals surface area contributed by atoms with E-state index in [9.17, 15) is 9.18 Å². The van der Waals surface area contributed by atoms with Crippen LogP contribution in [0.4, 0.5) is 4.39 Å². The fraction of sp³-hybridized carbons (Fsp3) is 0.808. The molecule has 1 atom stereocenters. The van der Waals surface area contributed by atoms with Gasteiger partial charge in [0.25, 0.3) is 0 Å². The number of rotatable bonds is 21. The molecule has 0 aromatic carbocycles. The van der Waals surface area contributed by atoms with Gasteiger partial charge in [0.1, 0.15) is 11.9 Å². The molecule has 0 spiro atoms. The Hall–Kier alpha value is -1.36. The number of ether oxygens (including phenoxy) is 1. The second-order valence-electron chi connectivity index (χ2n) is 8.72. The van der Waals surface area contributed by atoms with Crippen molar-refractivity contribution in [3.8, 4) is 0 Å². The Morgan fingerprint density at radius 3 is 2.23 bits per heavy atom. The molecule has 0 aliphatic rings. The number of esters is 1. The molecule has 0 bridgehead atoms. The molecule has 31 heavy (non-hydrogen) atoms. The molecule has 180 valence electrons. The Kier molecular flexibility index (Phi) is 17.3. The van der Waals surface area contributed by atoms with Crippen LogP contribution in [0.2, 0.25) is 0 Å². The highest BCUT2D eigenvalue weighted by Gasteiger charge is 2.14. The van der Waals surface area contributed by atoms with Crippen molar-refractivity contribution in [2.24, 2.45) is 0 Å². The Bertz CT molecular complexity index is 547. The number of unbranched alkanes of at least 4 members (excludes halogenated alkanes) is 12. The van der Waals surface area contributed by atoms with Gasteiger partial charge in [0.15, 0.2) is 0 Å². The zero-order valence-electron chi connectivity index (χ0n) is 19.8. The Labute approximate surface area is 189 Å². The standard InChI is InChI=1S/C26H46FNO3/c1-2-3-4-5-6-7-10-13-17-24(27)19-21-28-20-16-18-25(28)26(30)31-23-15-12-9-8-11-14-22-29/h16,18,20,24,29H,2-15,17,19,21-23H2,1H3. The molecule has 0 aliphatic heterocycles. The molecule has 5 heteroatoms. The lowest BCUT2D eigenvalue weighted by Gasteiger charge is -2.12. The summed E-state index contributed by atoms with van der Waals surface area (Å²) in [4.78, 5) is 12.3. The molecule has 0 amide bonds. The normalized spacial score (nSPS) is 12.2. The first-order valence-corrected chi connectivity index (χ1v) is 12.8. The first-order valence-electron chi connectivity index (χ1n) is 12.8. The number of nitrogens with zero attached hydrogens (tertiary/aromatic N) is 1. The topological polar surface area (TPSA) is 51.5 Å². The summed E-state index contributed by atoms with van der Waals surface area (Å²) in [5, 5.41) is 8.76. The van der Waals surface area contributed by atoms with Gasteiger partial charge >= 0.3 is 5.97 Å². The number of hydrogen-bond donors (Lipinski definition) is 1. The van der Waals surface area contributed by atoms with Crippen molar-refractivity contribution >= 4 is 5.97 Å². The van der Waals surface area contributed by atoms with Crippen LogP contribution >= 0.6 is 0 Å². The summed E-state index contributed by atoms with van der Waals surface area (Å²) >= 11 is 0. The SMILES string of the molecule is CCCCCCCCCCC(F)CCn1cccc1C(=O)OCCCCCCCCO. The predicted molar refractivity (Wildman–Crippen MR) is 126 cm³/mol. The first kappa shape index (κ1) is 27.7. The minimum absolute atomic E-state index is 0.263. The monoisotopic (exact) mass is 439 g/mol. The van der Waals surface area contributed by atoms with Crippen molar-refractivity contribution < 1.29 is 19.0 Å². The molecule has 4 nitrogen and oxygen atoms in total. The van der Waals surface area contributed by atoms with Crippen molar-refractivity contribution in [2.45, 2.75) is 122 Å². The molecular formula is C26H46FNO3. The fourth-order valence-corrected chi connectivity index (χ4v) is 3.88. The number of carbonyl (C=O) groups excluding carboxylic acids is 1. The zero-order chi connectivity index (χ0) is 22.6. The summed E-state index contributed by atoms with van der Waals surface area (Å²) in [6, 6.07) is 3.58. The minimum Gasteiger partial charge on any atom is -0.461 e. The highest BCUT2D eigenvalue weighted by atomic mass is 19.1. The van der Waals surface area contributed by atoms with Crippen LogP contribution in [0.5, 0.6) is 0 Å². The zero-order valence-corrected chi connectivity index (χ0v) is 19.8. The summed E-state index contributed by atoms with van der Waals surface area (Å²) in [5.74, 6) is -0.316. The van der Waals surface area contributed by atoms with Crippen LogP contribution in [0.15, 0.2) is 18.3 Å². The highest BCUT2D eigenvalue weighted by molar-refractivity contribution is 5.87. The highest BCUT2D eigenvalue weighted by Crippen LogP contribution is 2.15. The van der Waals surface area contributed by atoms with Gasteiger partial charge in [-0.2, -0.15) is 0 Å². The van der Waals surface area contributed by atoms with E-state index in [0.717, 1.165) is 51.4 Å². The number of aliphatic hydroxyl groups excluding tert-OH is 1. The number of carbonyl (C=O) groups is 1. The van der Waals surface area contributed by atoms with Gasteiger partial charge < -0.3 is 14.4 Å². The summed E-state index contributed by atoms with van der Waals surface area (Å²) < 4.78 is 21.5. The minimum atomic E-state index is -0.808. The summed E-state index contributed by atoms with van der Waals surface area (Å²) in [6.45, 7) is 3.43. The van der Waals surface area contributed by atoms with Gasteiger partial charge in [-0.1, -0.05) is 84.0 Å². The molecule has 1 unspecified atom stereocenters. The van der Waals surface area contributed by atoms with E-state index in [1.54, 1.807) is 6.07 Å². The van der Waals surface area contributed by atoms with E-state index in [-0.39, 0.29) is 12.6 Å². The van der Waals surface area contributed by atoms with E-state index in [0.29, 0.717) is 31.7 Å². The number of aryl methyl sites for hydroxylation is 1. The Morgan fingerprint density at radius 2 is 1.55 bits per heavy atom. The van der Waals surface area contributed by atoms with Gasteiger partial charge in [-0.25, -0.2) is 9.18 Å². The average molecular weight is 440 g/mol. The third kappa shape index (κ3) is 14.3. The maximum atomic E-state index is 14.3. The molecule has 1 N–H and O–H groups in total. The van der Waals surface area contributed by atoms with E-state index < -0.39 is 6.17 Å². The maximum absolute atomic E-state index is 14.3. The van der Waals surface area contributed by atoms with Crippen molar-refractivity contribution in [1.82, 2.24) is 4.57 Å². The molecule has 0 aliphatic carbocycles. The quantitative estimate of drug-likeness (QED) is 0.162. The van der Waals surface area contributed by atoms with Crippen LogP contribution in [-0.4, -0.2) is 35.0 Å². The summed E-state index contributed by atoms with van der Waals surface area (Å²) in [7, 11) is 0. The lowest BCUT2D eigenvalue weighted by molar-refractivity contribution is 0.0484. The number of aliphatic hydroxyl groups is 1. The van der Waals surface area contributed by atoms with Gasteiger partial charge in [0.2, 0.25) is 0 Å². The van der Waals surface area contributed by atoms with E-state index in [1.807, 2.05) is 16.8 Å². The van der Waals surface area contributed by atoms with E-state index in [1.165, 1.54) is 38.5 Å². The third-order valence-electron chi connectivity index (χ3n) is 5.88. The van der Waals surface area contributed by atoms with Crippen LogP contribution in [-0.2, 0) is 11.3 Å². The molecule has 0 saturated heterocycles. The second kappa shape index (κ2) is 19.3. The van der Waals surface area contributed by atoms with Crippen molar-refractivity contribution in [3.05, 3.63) is 24.0 Å². The molecular weight excluding hydrogens is 393 g/mol. The average Bonchev–Trinajstić information content (AvgIpc) is 3.24. The molecule has 0 saturated carbocycles. The molecule has 0 fully saturated rings. The summed E-state index contributed by atoms with van der Waals surface area (Å²) in [6.07, 6.45) is 17.9. The molecule has 0 radical (unpaired) electrons. The largest absolute Gasteiger partial charge is 0.461 e. The number of halogens is 1. The summed E-state index contributed by atoms with van der Waals surface area (Å²) in [5.41, 5.74) is 0.516. The van der Waals surface area contributed by atoms with E-state index >= 15 is 0 Å². The smallest absolute Gasteiger partial charge is 0.354 e. The molecule has 1 heterocycles. The van der Waals surface area contributed by atoms with Crippen LogP contribution in [0, 0.1) is 0 Å². The molecule has 1 aromatic heterocycles. The Morgan fingerprint density at radius 1 is 0.935 bits per heavy atom. The number of hydrogen-bond acceptors (Lipinski definition) is 3. The number of aromatic nitrogens is 1. The van der Waals surface area contributed by atoms with Crippen LogP contribution in [0.25, 0.3) is 0 Å². The van der Waals surface area contributed by atoms with E-state index in [4.69, 9.17) is 9.84 Å². The lowest BCUT2D eigenvalue weighted by atomic mass is 10.1. The third-order valence-corrected chi connectivity index (χ3v) is 5.88. The lowest BCUT2D eigenvalue weighted by Crippen LogP contribution is -2.14. The van der Waals surface area contributed by atoms with Crippen molar-refractivity contribution in [3.63, 3.8) is 0 Å². The maximum Gasteiger partial charge on any atom is 0.354 e. The first-order chi connectivity index (χ1) is 15.2. The molecule has 1 aromatic rings.